The number of nitrogens with one attached hydrogen (secondary N) is 1. The van der Waals surface area contributed by atoms with Gasteiger partial charge in [-0.05, 0) is 47.0 Å². The van der Waals surface area contributed by atoms with Crippen LogP contribution in [0.25, 0.3) is 0 Å². The lowest BCUT2D eigenvalue weighted by Gasteiger charge is -2.20. The molecule has 1 saturated carbocycles. The smallest absolute Gasteiger partial charge is 0.407 e. The van der Waals surface area contributed by atoms with Crippen LogP contribution in [0.15, 0.2) is 27.6 Å². The van der Waals surface area contributed by atoms with Crippen molar-refractivity contribution in [3.63, 3.8) is 0 Å². The topological polar surface area (TPSA) is 55.4 Å². The average Bonchev–Trinajstić information content (AvgIpc) is 3.08. The van der Waals surface area contributed by atoms with Gasteiger partial charge in [0.05, 0.1) is 16.5 Å². The minimum atomic E-state index is -4.59. The minimum absolute atomic E-state index is 0.243. The van der Waals surface area contributed by atoms with Crippen LogP contribution >= 0.6 is 15.9 Å². The van der Waals surface area contributed by atoms with E-state index < -0.39 is 21.7 Å². The van der Waals surface area contributed by atoms with E-state index >= 15 is 0 Å². The van der Waals surface area contributed by atoms with Gasteiger partial charge in [-0.25, -0.2) is 8.42 Å². The molecule has 0 heterocycles. The number of sulfonamides is 1. The highest BCUT2D eigenvalue weighted by Gasteiger charge is 2.65. The summed E-state index contributed by atoms with van der Waals surface area (Å²) >= 11 is 3.10. The second-order valence-electron chi connectivity index (χ2n) is 4.48. The summed E-state index contributed by atoms with van der Waals surface area (Å²) in [6, 6.07) is 3.76. The molecular formula is C11H11BrF3NO3S. The molecule has 0 atom stereocenters. The lowest BCUT2D eigenvalue weighted by molar-refractivity contribution is -0.160. The standard InChI is InChI=1S/C11H11BrF3NO3S/c1-19-9-3-2-7(6-8(9)12)20(17,18)16-10(4-5-10)11(13,14)15/h2-3,6,16H,4-5H2,1H3. The fourth-order valence-electron chi connectivity index (χ4n) is 1.70. The summed E-state index contributed by atoms with van der Waals surface area (Å²) in [6.07, 6.45) is -5.08. The van der Waals surface area contributed by atoms with Gasteiger partial charge in [0.2, 0.25) is 10.0 Å². The summed E-state index contributed by atoms with van der Waals surface area (Å²) in [5.41, 5.74) is -2.32. The third-order valence-electron chi connectivity index (χ3n) is 3.06. The van der Waals surface area contributed by atoms with Crippen LogP contribution in [0, 0.1) is 0 Å². The van der Waals surface area contributed by atoms with E-state index in [-0.39, 0.29) is 17.7 Å². The molecule has 0 spiro atoms. The van der Waals surface area contributed by atoms with Gasteiger partial charge in [0.15, 0.2) is 0 Å². The predicted octanol–water partition coefficient (Wildman–Crippen LogP) is 2.83. The van der Waals surface area contributed by atoms with Crippen LogP contribution in [0.5, 0.6) is 5.75 Å². The summed E-state index contributed by atoms with van der Waals surface area (Å²) < 4.78 is 69.4. The number of alkyl halides is 3. The summed E-state index contributed by atoms with van der Waals surface area (Å²) in [7, 11) is -2.84. The number of hydrogen-bond acceptors (Lipinski definition) is 3. The molecule has 0 aliphatic heterocycles. The van der Waals surface area contributed by atoms with E-state index in [1.54, 1.807) is 4.72 Å². The SMILES string of the molecule is COc1ccc(S(=O)(=O)NC2(C(F)(F)F)CC2)cc1Br. The molecule has 2 rings (SSSR count). The maximum atomic E-state index is 12.8. The first-order chi connectivity index (χ1) is 9.11. The van der Waals surface area contributed by atoms with Crippen molar-refractivity contribution in [2.24, 2.45) is 0 Å². The van der Waals surface area contributed by atoms with E-state index in [0.29, 0.717) is 10.2 Å². The Kier molecular flexibility index (Phi) is 3.81. The normalized spacial score (nSPS) is 17.9. The largest absolute Gasteiger partial charge is 0.496 e. The first-order valence-corrected chi connectivity index (χ1v) is 7.83. The Morgan fingerprint density at radius 3 is 2.35 bits per heavy atom. The number of halogens is 4. The van der Waals surface area contributed by atoms with Crippen LogP contribution in [-0.4, -0.2) is 27.2 Å². The molecule has 9 heteroatoms. The predicted molar refractivity (Wildman–Crippen MR) is 69.0 cm³/mol. The molecule has 1 N–H and O–H groups in total. The summed E-state index contributed by atoms with van der Waals surface area (Å²) in [6.45, 7) is 0. The number of hydrogen-bond donors (Lipinski definition) is 1. The highest BCUT2D eigenvalue weighted by molar-refractivity contribution is 9.10. The fourth-order valence-corrected chi connectivity index (χ4v) is 3.86. The van der Waals surface area contributed by atoms with E-state index in [4.69, 9.17) is 4.74 Å². The third-order valence-corrected chi connectivity index (χ3v) is 5.21. The van der Waals surface area contributed by atoms with Gasteiger partial charge in [-0.3, -0.25) is 0 Å². The Morgan fingerprint density at radius 1 is 1.35 bits per heavy atom. The van der Waals surface area contributed by atoms with E-state index in [1.165, 1.54) is 25.3 Å². The van der Waals surface area contributed by atoms with Crippen LogP contribution in [-0.2, 0) is 10.0 Å². The van der Waals surface area contributed by atoms with Gasteiger partial charge < -0.3 is 4.74 Å². The van der Waals surface area contributed by atoms with Crippen LogP contribution in [0.4, 0.5) is 13.2 Å². The molecular weight excluding hydrogens is 363 g/mol. The minimum Gasteiger partial charge on any atom is -0.496 e. The molecule has 0 radical (unpaired) electrons. The molecule has 1 aromatic rings. The van der Waals surface area contributed by atoms with Crippen molar-refractivity contribution >= 4 is 26.0 Å². The molecule has 0 unspecified atom stereocenters. The molecule has 0 saturated heterocycles. The van der Waals surface area contributed by atoms with E-state index in [0.717, 1.165) is 0 Å². The Balaban J connectivity index is 2.30. The second kappa shape index (κ2) is 4.88. The zero-order valence-electron chi connectivity index (χ0n) is 10.3. The molecule has 0 amide bonds. The Labute approximate surface area is 122 Å². The van der Waals surface area contributed by atoms with Crippen molar-refractivity contribution in [3.05, 3.63) is 22.7 Å². The van der Waals surface area contributed by atoms with Crippen molar-refractivity contribution in [1.29, 1.82) is 0 Å². The van der Waals surface area contributed by atoms with Crippen molar-refractivity contribution < 1.29 is 26.3 Å². The summed E-state index contributed by atoms with van der Waals surface area (Å²) in [5.74, 6) is 0.390. The number of ether oxygens (including phenoxy) is 1. The lowest BCUT2D eigenvalue weighted by Crippen LogP contribution is -2.47. The molecule has 4 nitrogen and oxygen atoms in total. The third kappa shape index (κ3) is 2.79. The molecule has 0 bridgehead atoms. The molecule has 1 aliphatic rings. The van der Waals surface area contributed by atoms with Crippen molar-refractivity contribution in [1.82, 2.24) is 4.72 Å². The highest BCUT2D eigenvalue weighted by atomic mass is 79.9. The van der Waals surface area contributed by atoms with Gasteiger partial charge in [-0.1, -0.05) is 0 Å². The maximum Gasteiger partial charge on any atom is 0.407 e. The monoisotopic (exact) mass is 373 g/mol. The van der Waals surface area contributed by atoms with Crippen LogP contribution < -0.4 is 9.46 Å². The summed E-state index contributed by atoms with van der Waals surface area (Å²) in [5, 5.41) is 0. The Morgan fingerprint density at radius 2 is 1.95 bits per heavy atom. The molecule has 1 fully saturated rings. The van der Waals surface area contributed by atoms with Gasteiger partial charge >= 0.3 is 6.18 Å². The highest BCUT2D eigenvalue weighted by Crippen LogP contribution is 2.49. The first-order valence-electron chi connectivity index (χ1n) is 5.56. The van der Waals surface area contributed by atoms with Crippen LogP contribution in [0.2, 0.25) is 0 Å². The zero-order valence-corrected chi connectivity index (χ0v) is 12.7. The Bertz CT molecular complexity index is 626. The van der Waals surface area contributed by atoms with E-state index in [1.807, 2.05) is 0 Å². The Hall–Kier alpha value is -0.800. The molecule has 0 aromatic heterocycles. The van der Waals surface area contributed by atoms with Gasteiger partial charge in [0.25, 0.3) is 0 Å². The van der Waals surface area contributed by atoms with Crippen molar-refractivity contribution in [3.8, 4) is 5.75 Å². The maximum absolute atomic E-state index is 12.8. The van der Waals surface area contributed by atoms with Gasteiger partial charge in [-0.2, -0.15) is 17.9 Å². The number of benzene rings is 1. The number of methoxy groups -OCH3 is 1. The van der Waals surface area contributed by atoms with Crippen molar-refractivity contribution in [2.45, 2.75) is 29.5 Å². The first kappa shape index (κ1) is 15.6. The molecule has 1 aliphatic carbocycles. The average molecular weight is 374 g/mol. The fraction of sp³-hybridized carbons (Fsp3) is 0.455. The van der Waals surface area contributed by atoms with E-state index in [2.05, 4.69) is 15.9 Å². The van der Waals surface area contributed by atoms with Gasteiger partial charge in [0.1, 0.15) is 11.3 Å². The van der Waals surface area contributed by atoms with Gasteiger partial charge in [-0.15, -0.1) is 0 Å². The van der Waals surface area contributed by atoms with E-state index in [9.17, 15) is 21.6 Å². The summed E-state index contributed by atoms with van der Waals surface area (Å²) in [4.78, 5) is -0.249. The molecule has 112 valence electrons. The zero-order chi connectivity index (χ0) is 15.2. The molecule has 20 heavy (non-hydrogen) atoms. The van der Waals surface area contributed by atoms with Crippen molar-refractivity contribution in [2.75, 3.05) is 7.11 Å². The second-order valence-corrected chi connectivity index (χ2v) is 7.02. The number of rotatable bonds is 4. The van der Waals surface area contributed by atoms with Gasteiger partial charge in [0, 0.05) is 0 Å². The van der Waals surface area contributed by atoms with Crippen LogP contribution in [0.3, 0.4) is 0 Å². The lowest BCUT2D eigenvalue weighted by atomic mass is 10.3. The van der Waals surface area contributed by atoms with Crippen LogP contribution in [0.1, 0.15) is 12.8 Å². The quantitative estimate of drug-likeness (QED) is 0.882. The molecule has 1 aromatic carbocycles.